The number of fused-ring (bicyclic) bond motifs is 1. The van der Waals surface area contributed by atoms with Gasteiger partial charge in [0, 0.05) is 55.1 Å². The van der Waals surface area contributed by atoms with E-state index in [1.165, 1.54) is 28.9 Å². The molecule has 5 rings (SSSR count). The van der Waals surface area contributed by atoms with Crippen LogP contribution in [0.25, 0.3) is 22.2 Å². The summed E-state index contributed by atoms with van der Waals surface area (Å²) < 4.78 is 45.7. The summed E-state index contributed by atoms with van der Waals surface area (Å²) in [6, 6.07) is 15.4. The van der Waals surface area contributed by atoms with Gasteiger partial charge in [0.15, 0.2) is 0 Å². The third-order valence-corrected chi connectivity index (χ3v) is 6.10. The fourth-order valence-corrected chi connectivity index (χ4v) is 4.19. The Morgan fingerprint density at radius 2 is 1.75 bits per heavy atom. The molecule has 1 fully saturated rings. The average molecular weight is 496 g/mol. The highest BCUT2D eigenvalue weighted by Crippen LogP contribution is 2.31. The minimum Gasteiger partial charge on any atom is -0.491 e. The lowest BCUT2D eigenvalue weighted by Crippen LogP contribution is -2.43. The molecule has 186 valence electrons. The van der Waals surface area contributed by atoms with E-state index in [0.717, 1.165) is 54.9 Å². The van der Waals surface area contributed by atoms with Crippen LogP contribution in [0.1, 0.15) is 5.56 Å². The summed E-state index contributed by atoms with van der Waals surface area (Å²) in [6.07, 6.45) is -2.72. The molecule has 36 heavy (non-hydrogen) atoms. The molecule has 0 amide bonds. The van der Waals surface area contributed by atoms with Crippen LogP contribution in [-0.4, -0.2) is 47.6 Å². The van der Waals surface area contributed by atoms with Crippen molar-refractivity contribution in [3.8, 4) is 17.0 Å². The molecule has 1 aliphatic rings. The average Bonchev–Trinajstić information content (AvgIpc) is 2.89. The summed E-state index contributed by atoms with van der Waals surface area (Å²) in [4.78, 5) is 19.1. The van der Waals surface area contributed by atoms with Crippen LogP contribution in [0.2, 0.25) is 0 Å². The van der Waals surface area contributed by atoms with Crippen molar-refractivity contribution in [1.29, 1.82) is 0 Å². The van der Waals surface area contributed by atoms with Gasteiger partial charge in [0.25, 0.3) is 5.56 Å². The largest absolute Gasteiger partial charge is 0.491 e. The molecule has 0 saturated carbocycles. The Kier molecular flexibility index (Phi) is 6.60. The number of rotatable bonds is 6. The molecule has 0 bridgehead atoms. The van der Waals surface area contributed by atoms with E-state index in [1.54, 1.807) is 12.3 Å². The van der Waals surface area contributed by atoms with Crippen LogP contribution in [0.5, 0.6) is 5.75 Å². The second kappa shape index (κ2) is 9.98. The number of pyridine rings is 1. The van der Waals surface area contributed by atoms with Gasteiger partial charge >= 0.3 is 6.18 Å². The molecular formula is C26H24F3N5O2. The Labute approximate surface area is 205 Å². The highest BCUT2D eigenvalue weighted by Gasteiger charge is 2.30. The van der Waals surface area contributed by atoms with Crippen molar-refractivity contribution in [3.63, 3.8) is 0 Å². The van der Waals surface area contributed by atoms with Crippen molar-refractivity contribution in [2.45, 2.75) is 12.7 Å². The van der Waals surface area contributed by atoms with Gasteiger partial charge in [-0.05, 0) is 42.5 Å². The number of hydrogen-bond acceptors (Lipinski definition) is 6. The first-order valence-corrected chi connectivity index (χ1v) is 11.6. The van der Waals surface area contributed by atoms with Crippen LogP contribution in [0.3, 0.4) is 0 Å². The SMILES string of the molecule is O=c1ccc(-c2ccc(C(F)(F)F)cc2)nn1CCOc1ccnc2cc(N3CCNCC3)ccc12. The normalized spacial score (nSPS) is 14.2. The fraction of sp³-hybridized carbons (Fsp3) is 0.269. The van der Waals surface area contributed by atoms with Gasteiger partial charge in [-0.1, -0.05) is 12.1 Å². The van der Waals surface area contributed by atoms with Gasteiger partial charge < -0.3 is 15.0 Å². The lowest BCUT2D eigenvalue weighted by Gasteiger charge is -2.29. The molecule has 0 aliphatic carbocycles. The first kappa shape index (κ1) is 23.8. The number of ether oxygens (including phenoxy) is 1. The lowest BCUT2D eigenvalue weighted by molar-refractivity contribution is -0.137. The van der Waals surface area contributed by atoms with E-state index in [4.69, 9.17) is 4.74 Å². The summed E-state index contributed by atoms with van der Waals surface area (Å²) in [5.74, 6) is 0.652. The molecule has 3 heterocycles. The van der Waals surface area contributed by atoms with E-state index in [-0.39, 0.29) is 18.7 Å². The van der Waals surface area contributed by atoms with Gasteiger partial charge in [0.2, 0.25) is 0 Å². The van der Waals surface area contributed by atoms with Gasteiger partial charge in [0.05, 0.1) is 23.3 Å². The van der Waals surface area contributed by atoms with Crippen molar-refractivity contribution in [2.24, 2.45) is 0 Å². The maximum atomic E-state index is 12.8. The number of piperazine rings is 1. The van der Waals surface area contributed by atoms with E-state index in [0.29, 0.717) is 17.0 Å². The second-order valence-electron chi connectivity index (χ2n) is 8.45. The Morgan fingerprint density at radius 3 is 2.50 bits per heavy atom. The first-order valence-electron chi connectivity index (χ1n) is 11.6. The van der Waals surface area contributed by atoms with Crippen molar-refractivity contribution in [1.82, 2.24) is 20.1 Å². The summed E-state index contributed by atoms with van der Waals surface area (Å²) >= 11 is 0. The molecule has 10 heteroatoms. The van der Waals surface area contributed by atoms with Crippen LogP contribution in [-0.2, 0) is 12.7 Å². The number of hydrogen-bond donors (Lipinski definition) is 1. The molecule has 0 atom stereocenters. The van der Waals surface area contributed by atoms with Gasteiger partial charge in [0.1, 0.15) is 12.4 Å². The van der Waals surface area contributed by atoms with Crippen LogP contribution in [0.4, 0.5) is 18.9 Å². The topological polar surface area (TPSA) is 72.3 Å². The fourth-order valence-electron chi connectivity index (χ4n) is 4.19. The Morgan fingerprint density at radius 1 is 0.972 bits per heavy atom. The molecule has 1 N–H and O–H groups in total. The lowest BCUT2D eigenvalue weighted by atomic mass is 10.1. The Hall–Kier alpha value is -3.92. The standard InChI is InChI=1S/C26H24F3N5O2/c27-26(28,29)19-3-1-18(2-4-19)22-7-8-25(35)34(32-22)15-16-36-24-9-10-31-23-17-20(5-6-21(23)24)33-13-11-30-12-14-33/h1-10,17,30H,11-16H2. The summed E-state index contributed by atoms with van der Waals surface area (Å²) in [5, 5.41) is 8.53. The maximum absolute atomic E-state index is 12.8. The van der Waals surface area contributed by atoms with Crippen LogP contribution in [0, 0.1) is 0 Å². The number of halogens is 3. The minimum absolute atomic E-state index is 0.177. The third kappa shape index (κ3) is 5.18. The maximum Gasteiger partial charge on any atom is 0.416 e. The highest BCUT2D eigenvalue weighted by molar-refractivity contribution is 5.87. The van der Waals surface area contributed by atoms with Gasteiger partial charge in [-0.15, -0.1) is 0 Å². The Balaban J connectivity index is 1.29. The second-order valence-corrected chi connectivity index (χ2v) is 8.45. The van der Waals surface area contributed by atoms with E-state index in [9.17, 15) is 18.0 Å². The van der Waals surface area contributed by atoms with Crippen LogP contribution >= 0.6 is 0 Å². The number of anilines is 1. The zero-order valence-electron chi connectivity index (χ0n) is 19.3. The van der Waals surface area contributed by atoms with Crippen molar-refractivity contribution in [3.05, 3.63) is 82.8 Å². The van der Waals surface area contributed by atoms with Gasteiger partial charge in [-0.3, -0.25) is 9.78 Å². The number of benzene rings is 2. The van der Waals surface area contributed by atoms with Crippen LogP contribution in [0.15, 0.2) is 71.7 Å². The molecule has 0 radical (unpaired) electrons. The summed E-state index contributed by atoms with van der Waals surface area (Å²) in [5.41, 5.74) is 1.76. The molecule has 1 saturated heterocycles. The van der Waals surface area contributed by atoms with E-state index >= 15 is 0 Å². The molecule has 0 spiro atoms. The van der Waals surface area contributed by atoms with E-state index < -0.39 is 11.7 Å². The number of nitrogens with one attached hydrogen (secondary N) is 1. The molecule has 2 aromatic heterocycles. The summed E-state index contributed by atoms with van der Waals surface area (Å²) in [7, 11) is 0. The minimum atomic E-state index is -4.41. The van der Waals surface area contributed by atoms with Gasteiger partial charge in [-0.25, -0.2) is 4.68 Å². The molecule has 7 nitrogen and oxygen atoms in total. The van der Waals surface area contributed by atoms with Crippen molar-refractivity contribution < 1.29 is 17.9 Å². The summed E-state index contributed by atoms with van der Waals surface area (Å²) in [6.45, 7) is 4.13. The van der Waals surface area contributed by atoms with E-state index in [2.05, 4.69) is 26.4 Å². The third-order valence-electron chi connectivity index (χ3n) is 6.10. The number of alkyl halides is 3. The van der Waals surface area contributed by atoms with Gasteiger partial charge in [-0.2, -0.15) is 18.3 Å². The predicted molar refractivity (Wildman–Crippen MR) is 131 cm³/mol. The monoisotopic (exact) mass is 495 g/mol. The predicted octanol–water partition coefficient (Wildman–Crippen LogP) is 3.97. The number of nitrogens with zero attached hydrogens (tertiary/aromatic N) is 4. The van der Waals surface area contributed by atoms with Crippen molar-refractivity contribution in [2.75, 3.05) is 37.7 Å². The quantitative estimate of drug-likeness (QED) is 0.437. The zero-order chi connectivity index (χ0) is 25.1. The Bertz CT molecular complexity index is 1410. The van der Waals surface area contributed by atoms with Crippen LogP contribution < -0.4 is 20.5 Å². The molecule has 0 unspecified atom stereocenters. The van der Waals surface area contributed by atoms with E-state index in [1.807, 2.05) is 12.1 Å². The zero-order valence-corrected chi connectivity index (χ0v) is 19.3. The molecule has 4 aromatic rings. The highest BCUT2D eigenvalue weighted by atomic mass is 19.4. The van der Waals surface area contributed by atoms with Crippen molar-refractivity contribution >= 4 is 16.6 Å². The molecular weight excluding hydrogens is 471 g/mol. The number of aromatic nitrogens is 3. The first-order chi connectivity index (χ1) is 17.4. The smallest absolute Gasteiger partial charge is 0.416 e. The molecule has 2 aromatic carbocycles. The molecule has 1 aliphatic heterocycles.